The third-order valence-corrected chi connectivity index (χ3v) is 3.39. The van der Waals surface area contributed by atoms with Gasteiger partial charge in [-0.25, -0.2) is 0 Å². The quantitative estimate of drug-likeness (QED) is 0.776. The van der Waals surface area contributed by atoms with Crippen molar-refractivity contribution in [2.24, 2.45) is 5.73 Å². The van der Waals surface area contributed by atoms with Crippen LogP contribution in [-0.2, 0) is 6.42 Å². The zero-order valence-corrected chi connectivity index (χ0v) is 8.97. The first-order chi connectivity index (χ1) is 6.16. The first-order valence-electron chi connectivity index (χ1n) is 4.59. The lowest BCUT2D eigenvalue weighted by Crippen LogP contribution is -2.22. The van der Waals surface area contributed by atoms with Gasteiger partial charge in [0.2, 0.25) is 0 Å². The second kappa shape index (κ2) is 4.74. The van der Waals surface area contributed by atoms with Gasteiger partial charge in [-0.2, -0.15) is 0 Å². The average Bonchev–Trinajstić information content (AvgIpc) is 2.52. The minimum absolute atomic E-state index is 0.173. The molecule has 0 saturated heterocycles. The minimum Gasteiger partial charge on any atom is -0.396 e. The normalized spacial score (nSPS) is 15.7. The summed E-state index contributed by atoms with van der Waals surface area (Å²) in [6.45, 7) is 4.37. The molecule has 1 aromatic rings. The van der Waals surface area contributed by atoms with Gasteiger partial charge in [-0.15, -0.1) is 11.3 Å². The number of hydrogen-bond acceptors (Lipinski definition) is 3. The first-order valence-corrected chi connectivity index (χ1v) is 5.47. The van der Waals surface area contributed by atoms with Crippen LogP contribution < -0.4 is 5.73 Å². The highest BCUT2D eigenvalue weighted by molar-refractivity contribution is 7.10. The Morgan fingerprint density at radius 3 is 2.77 bits per heavy atom. The zero-order chi connectivity index (χ0) is 9.84. The molecule has 2 nitrogen and oxygen atoms in total. The topological polar surface area (TPSA) is 46.2 Å². The number of rotatable bonds is 4. The van der Waals surface area contributed by atoms with Crippen LogP contribution in [0.2, 0.25) is 0 Å². The van der Waals surface area contributed by atoms with Gasteiger partial charge in [0.15, 0.2) is 0 Å². The third kappa shape index (κ3) is 2.53. The van der Waals surface area contributed by atoms with Crippen molar-refractivity contribution in [2.45, 2.75) is 32.2 Å². The highest BCUT2D eigenvalue weighted by Crippen LogP contribution is 2.26. The molecule has 0 bridgehead atoms. The lowest BCUT2D eigenvalue weighted by atomic mass is 9.95. The molecule has 0 aliphatic heterocycles. The Balaban J connectivity index is 2.80. The summed E-state index contributed by atoms with van der Waals surface area (Å²) >= 11 is 1.70. The smallest absolute Gasteiger partial charge is 0.0479 e. The molecule has 1 rings (SSSR count). The summed E-state index contributed by atoms with van der Waals surface area (Å²) in [6.07, 6.45) is 0.754. The van der Waals surface area contributed by atoms with Gasteiger partial charge >= 0.3 is 0 Å². The van der Waals surface area contributed by atoms with Crippen LogP contribution >= 0.6 is 11.3 Å². The van der Waals surface area contributed by atoms with E-state index in [2.05, 4.69) is 18.4 Å². The first kappa shape index (κ1) is 10.7. The van der Waals surface area contributed by atoms with Crippen molar-refractivity contribution in [1.29, 1.82) is 0 Å². The van der Waals surface area contributed by atoms with Gasteiger partial charge in [0.25, 0.3) is 0 Å². The number of thiophene rings is 1. The van der Waals surface area contributed by atoms with Crippen LogP contribution in [0.1, 0.15) is 30.2 Å². The minimum atomic E-state index is 0.173. The molecule has 0 amide bonds. The largest absolute Gasteiger partial charge is 0.396 e. The van der Waals surface area contributed by atoms with Gasteiger partial charge in [0, 0.05) is 23.9 Å². The van der Waals surface area contributed by atoms with Crippen LogP contribution in [0.4, 0.5) is 0 Å². The molecule has 2 atom stereocenters. The van der Waals surface area contributed by atoms with E-state index in [0.29, 0.717) is 5.92 Å². The number of aliphatic hydroxyl groups excluding tert-OH is 1. The maximum absolute atomic E-state index is 8.86. The Morgan fingerprint density at radius 1 is 1.54 bits per heavy atom. The van der Waals surface area contributed by atoms with Crippen LogP contribution in [0.15, 0.2) is 11.4 Å². The maximum atomic E-state index is 8.86. The summed E-state index contributed by atoms with van der Waals surface area (Å²) in [4.78, 5) is 1.27. The van der Waals surface area contributed by atoms with Crippen molar-refractivity contribution >= 4 is 11.3 Å². The van der Waals surface area contributed by atoms with Crippen LogP contribution in [-0.4, -0.2) is 17.8 Å². The molecule has 13 heavy (non-hydrogen) atoms. The fourth-order valence-electron chi connectivity index (χ4n) is 1.34. The Kier molecular flexibility index (Phi) is 3.90. The molecule has 0 saturated carbocycles. The van der Waals surface area contributed by atoms with Gasteiger partial charge in [-0.1, -0.05) is 6.92 Å². The van der Waals surface area contributed by atoms with E-state index in [-0.39, 0.29) is 12.6 Å². The molecule has 74 valence electrons. The summed E-state index contributed by atoms with van der Waals surface area (Å²) in [6, 6.07) is 2.29. The van der Waals surface area contributed by atoms with Crippen molar-refractivity contribution in [3.8, 4) is 0 Å². The molecule has 1 heterocycles. The van der Waals surface area contributed by atoms with E-state index in [1.807, 2.05) is 6.92 Å². The molecular weight excluding hydrogens is 182 g/mol. The third-order valence-electron chi connectivity index (χ3n) is 2.40. The van der Waals surface area contributed by atoms with Crippen LogP contribution in [0.5, 0.6) is 0 Å². The molecule has 0 aliphatic carbocycles. The predicted octanol–water partition coefficient (Wildman–Crippen LogP) is 1.73. The lowest BCUT2D eigenvalue weighted by Gasteiger charge is -2.16. The average molecular weight is 199 g/mol. The number of nitrogens with two attached hydrogens (primary N) is 1. The fraction of sp³-hybridized carbons (Fsp3) is 0.600. The highest BCUT2D eigenvalue weighted by atomic mass is 32.1. The Labute approximate surface area is 83.4 Å². The molecule has 0 aromatic carbocycles. The van der Waals surface area contributed by atoms with Gasteiger partial charge in [0.1, 0.15) is 0 Å². The SMILES string of the molecule is CC(c1ccsc1CCO)[C@H](C)N. The monoisotopic (exact) mass is 199 g/mol. The van der Waals surface area contributed by atoms with Crippen LogP contribution in [0, 0.1) is 0 Å². The van der Waals surface area contributed by atoms with E-state index in [1.54, 1.807) is 11.3 Å². The van der Waals surface area contributed by atoms with Crippen molar-refractivity contribution in [3.05, 3.63) is 21.9 Å². The van der Waals surface area contributed by atoms with E-state index >= 15 is 0 Å². The second-order valence-corrected chi connectivity index (χ2v) is 4.42. The summed E-state index contributed by atoms with van der Waals surface area (Å²) < 4.78 is 0. The van der Waals surface area contributed by atoms with Gasteiger partial charge in [-0.3, -0.25) is 0 Å². The van der Waals surface area contributed by atoms with Gasteiger partial charge in [0.05, 0.1) is 0 Å². The predicted molar refractivity (Wildman–Crippen MR) is 57.2 cm³/mol. The molecule has 0 radical (unpaired) electrons. The molecule has 1 unspecified atom stereocenters. The molecule has 3 heteroatoms. The second-order valence-electron chi connectivity index (χ2n) is 3.42. The standard InChI is InChI=1S/C10H17NOS/c1-7(8(2)11)9-4-6-13-10(9)3-5-12/h4,6-8,12H,3,5,11H2,1-2H3/t7?,8-/m0/s1. The zero-order valence-electron chi connectivity index (χ0n) is 8.16. The summed E-state index contributed by atoms with van der Waals surface area (Å²) in [5.41, 5.74) is 7.13. The van der Waals surface area contributed by atoms with Gasteiger partial charge < -0.3 is 10.8 Å². The summed E-state index contributed by atoms with van der Waals surface area (Å²) in [5.74, 6) is 0.382. The van der Waals surface area contributed by atoms with E-state index in [4.69, 9.17) is 10.8 Å². The molecule has 0 fully saturated rings. The molecular formula is C10H17NOS. The van der Waals surface area contributed by atoms with E-state index in [1.165, 1.54) is 10.4 Å². The van der Waals surface area contributed by atoms with Crippen molar-refractivity contribution in [2.75, 3.05) is 6.61 Å². The van der Waals surface area contributed by atoms with Crippen LogP contribution in [0.3, 0.4) is 0 Å². The number of hydrogen-bond donors (Lipinski definition) is 2. The lowest BCUT2D eigenvalue weighted by molar-refractivity contribution is 0.300. The number of aliphatic hydroxyl groups is 1. The van der Waals surface area contributed by atoms with Gasteiger partial charge in [-0.05, 0) is 29.9 Å². The summed E-state index contributed by atoms with van der Waals surface area (Å²) in [5, 5.41) is 10.9. The van der Waals surface area contributed by atoms with Crippen LogP contribution in [0.25, 0.3) is 0 Å². The molecule has 1 aromatic heterocycles. The Morgan fingerprint density at radius 2 is 2.23 bits per heavy atom. The van der Waals surface area contributed by atoms with E-state index < -0.39 is 0 Å². The van der Waals surface area contributed by atoms with Crippen molar-refractivity contribution in [3.63, 3.8) is 0 Å². The molecule has 0 spiro atoms. The van der Waals surface area contributed by atoms with Crippen molar-refractivity contribution < 1.29 is 5.11 Å². The fourth-order valence-corrected chi connectivity index (χ4v) is 2.32. The van der Waals surface area contributed by atoms with E-state index in [0.717, 1.165) is 6.42 Å². The maximum Gasteiger partial charge on any atom is 0.0479 e. The summed E-state index contributed by atoms with van der Waals surface area (Å²) in [7, 11) is 0. The Hall–Kier alpha value is -0.380. The Bertz CT molecular complexity index is 257. The molecule has 3 N–H and O–H groups in total. The van der Waals surface area contributed by atoms with E-state index in [9.17, 15) is 0 Å². The molecule has 0 aliphatic rings. The highest BCUT2D eigenvalue weighted by Gasteiger charge is 2.14. The van der Waals surface area contributed by atoms with Crippen molar-refractivity contribution in [1.82, 2.24) is 0 Å².